The number of carbonyl (C=O) groups excluding carboxylic acids is 3. The number of ether oxygens (including phenoxy) is 2. The van der Waals surface area contributed by atoms with Crippen LogP contribution in [0.4, 0.5) is 4.79 Å². The highest BCUT2D eigenvalue weighted by molar-refractivity contribution is 7.99. The summed E-state index contributed by atoms with van der Waals surface area (Å²) in [5.41, 5.74) is 10.8. The first-order valence-electron chi connectivity index (χ1n) is 8.90. The van der Waals surface area contributed by atoms with Crippen LogP contribution in [-0.2, 0) is 19.1 Å². The van der Waals surface area contributed by atoms with Crippen LogP contribution in [0.15, 0.2) is 22.5 Å². The molecule has 0 saturated carbocycles. The second-order valence-corrected chi connectivity index (χ2v) is 8.19. The van der Waals surface area contributed by atoms with E-state index in [0.717, 1.165) is 0 Å². The molecule has 4 atom stereocenters. The number of hydrogen-bond donors (Lipinski definition) is 4. The minimum Gasteiger partial charge on any atom is -0.449 e. The topological polar surface area (TPSA) is 167 Å². The molecule has 0 radical (unpaired) electrons. The fraction of sp³-hybridized carbons (Fsp3) is 0.588. The highest BCUT2D eigenvalue weighted by Gasteiger charge is 2.72. The molecular formula is C17H22N4O6S. The van der Waals surface area contributed by atoms with Crippen molar-refractivity contribution >= 4 is 29.4 Å². The fourth-order valence-electron chi connectivity index (χ4n) is 4.62. The number of carbonyl (C=O) groups is 3. The molecule has 1 amide bonds. The van der Waals surface area contributed by atoms with Crippen molar-refractivity contribution in [1.29, 1.82) is 0 Å². The van der Waals surface area contributed by atoms with E-state index < -0.39 is 23.5 Å². The van der Waals surface area contributed by atoms with Gasteiger partial charge in [-0.3, -0.25) is 9.59 Å². The number of piperazine rings is 1. The lowest BCUT2D eigenvalue weighted by Gasteiger charge is -2.39. The van der Waals surface area contributed by atoms with E-state index in [-0.39, 0.29) is 59.4 Å². The number of aliphatic hydroxyl groups excluding tert-OH is 1. The van der Waals surface area contributed by atoms with E-state index in [2.05, 4.69) is 5.32 Å². The molecule has 10 nitrogen and oxygen atoms in total. The summed E-state index contributed by atoms with van der Waals surface area (Å²) in [5, 5.41) is 12.3. The normalized spacial score (nSPS) is 33.2. The standard InChI is InChI=1S/C17H22N4O6S/c1-26-17-8(5-27-16(19)25)10-12(21(17)4-9-15(17)20-9)13(23)7(6-28-3-2-22)11(18)14(10)24/h8-9,15,20,22H,2-6,18H2,1H3,(H2,19,25)/t8-,9+,15+,17-/m1/s1. The lowest BCUT2D eigenvalue weighted by molar-refractivity contribution is -0.137. The summed E-state index contributed by atoms with van der Waals surface area (Å²) >= 11 is 1.33. The first-order valence-corrected chi connectivity index (χ1v) is 10.1. The summed E-state index contributed by atoms with van der Waals surface area (Å²) in [7, 11) is 1.51. The predicted octanol–water partition coefficient (Wildman–Crippen LogP) is -1.95. The first-order chi connectivity index (χ1) is 13.4. The Morgan fingerprint density at radius 3 is 2.82 bits per heavy atom. The summed E-state index contributed by atoms with van der Waals surface area (Å²) in [6.07, 6.45) is -0.968. The number of primary amides is 1. The predicted molar refractivity (Wildman–Crippen MR) is 98.8 cm³/mol. The number of nitrogens with two attached hydrogens (primary N) is 2. The third-order valence-corrected chi connectivity index (χ3v) is 6.78. The molecule has 4 rings (SSSR count). The highest BCUT2D eigenvalue weighted by Crippen LogP contribution is 2.55. The maximum Gasteiger partial charge on any atom is 0.404 e. The van der Waals surface area contributed by atoms with Crippen LogP contribution < -0.4 is 16.8 Å². The van der Waals surface area contributed by atoms with Gasteiger partial charge in [-0.05, 0) is 0 Å². The van der Waals surface area contributed by atoms with E-state index in [0.29, 0.717) is 12.3 Å². The Morgan fingerprint density at radius 1 is 1.43 bits per heavy atom. The van der Waals surface area contributed by atoms with E-state index in [9.17, 15) is 14.4 Å². The van der Waals surface area contributed by atoms with Gasteiger partial charge >= 0.3 is 6.09 Å². The fourth-order valence-corrected chi connectivity index (χ4v) is 5.39. The van der Waals surface area contributed by atoms with Gasteiger partial charge in [-0.1, -0.05) is 0 Å². The second kappa shape index (κ2) is 6.76. The van der Waals surface area contributed by atoms with Crippen molar-refractivity contribution in [3.63, 3.8) is 0 Å². The lowest BCUT2D eigenvalue weighted by Crippen LogP contribution is -2.55. The molecule has 2 fully saturated rings. The van der Waals surface area contributed by atoms with E-state index >= 15 is 0 Å². The molecule has 3 heterocycles. The number of rotatable bonds is 7. The second-order valence-electron chi connectivity index (χ2n) is 7.09. The van der Waals surface area contributed by atoms with Crippen LogP contribution >= 0.6 is 11.8 Å². The Kier molecular flexibility index (Phi) is 4.65. The average Bonchev–Trinajstić information content (AvgIpc) is 3.27. The van der Waals surface area contributed by atoms with E-state index in [4.69, 9.17) is 26.0 Å². The zero-order valence-corrected chi connectivity index (χ0v) is 16.1. The molecule has 1 aliphatic carbocycles. The summed E-state index contributed by atoms with van der Waals surface area (Å²) in [4.78, 5) is 39.4. The van der Waals surface area contributed by atoms with Gasteiger partial charge in [-0.15, -0.1) is 0 Å². The van der Waals surface area contributed by atoms with Crippen LogP contribution in [0.2, 0.25) is 0 Å². The van der Waals surface area contributed by atoms with E-state index in [1.807, 2.05) is 4.90 Å². The molecule has 0 bridgehead atoms. The van der Waals surface area contributed by atoms with Crippen molar-refractivity contribution in [2.75, 3.05) is 38.4 Å². The highest BCUT2D eigenvalue weighted by atomic mass is 32.2. The monoisotopic (exact) mass is 410 g/mol. The number of thioether (sulfide) groups is 1. The van der Waals surface area contributed by atoms with Gasteiger partial charge < -0.3 is 36.3 Å². The van der Waals surface area contributed by atoms with Gasteiger partial charge in [0.1, 0.15) is 6.61 Å². The number of methoxy groups -OCH3 is 1. The Hall–Kier alpha value is -2.08. The summed E-state index contributed by atoms with van der Waals surface area (Å²) < 4.78 is 10.9. The largest absolute Gasteiger partial charge is 0.449 e. The molecular weight excluding hydrogens is 388 g/mol. The zero-order chi connectivity index (χ0) is 20.2. The van der Waals surface area contributed by atoms with Gasteiger partial charge in [0.05, 0.1) is 30.0 Å². The SMILES string of the molecule is CO[C@@]12[C@H](COC(N)=O)C3=C(C(=O)C(CSCCO)=C(N)C3=O)N1C[C@@H]1N[C@@H]12. The molecule has 6 N–H and O–H groups in total. The maximum atomic E-state index is 13.3. The van der Waals surface area contributed by atoms with Gasteiger partial charge in [-0.2, -0.15) is 11.8 Å². The molecule has 11 heteroatoms. The van der Waals surface area contributed by atoms with E-state index in [1.165, 1.54) is 18.9 Å². The minimum absolute atomic E-state index is 0.0333. The van der Waals surface area contributed by atoms with Gasteiger partial charge in [0, 0.05) is 42.3 Å². The zero-order valence-electron chi connectivity index (χ0n) is 15.3. The number of fused-ring (bicyclic) bond motifs is 4. The van der Waals surface area contributed by atoms with Crippen LogP contribution in [0.5, 0.6) is 0 Å². The lowest BCUT2D eigenvalue weighted by atomic mass is 9.82. The number of aliphatic hydroxyl groups is 1. The minimum atomic E-state index is -1.01. The van der Waals surface area contributed by atoms with Gasteiger partial charge in [0.2, 0.25) is 11.6 Å². The van der Waals surface area contributed by atoms with E-state index in [1.54, 1.807) is 0 Å². The Bertz CT molecular complexity index is 826. The van der Waals surface area contributed by atoms with Crippen molar-refractivity contribution in [2.24, 2.45) is 17.4 Å². The molecule has 0 aromatic rings. The van der Waals surface area contributed by atoms with Gasteiger partial charge in [0.25, 0.3) is 0 Å². The van der Waals surface area contributed by atoms with Crippen molar-refractivity contribution < 1.29 is 29.0 Å². The number of hydrogen-bond acceptors (Lipinski definition) is 10. The number of nitrogens with one attached hydrogen (secondary N) is 1. The Morgan fingerprint density at radius 2 is 2.18 bits per heavy atom. The van der Waals surface area contributed by atoms with Crippen LogP contribution in [-0.4, -0.2) is 83.8 Å². The Labute approximate surface area is 165 Å². The van der Waals surface area contributed by atoms with Crippen molar-refractivity contribution in [3.8, 4) is 0 Å². The number of amides is 1. The van der Waals surface area contributed by atoms with Crippen LogP contribution in [0.1, 0.15) is 0 Å². The molecule has 152 valence electrons. The van der Waals surface area contributed by atoms with Crippen LogP contribution in [0.3, 0.4) is 0 Å². The smallest absolute Gasteiger partial charge is 0.404 e. The summed E-state index contributed by atoms with van der Waals surface area (Å²) in [6.45, 7) is 0.277. The van der Waals surface area contributed by atoms with Crippen molar-refractivity contribution in [2.45, 2.75) is 17.8 Å². The molecule has 0 spiro atoms. The number of ketones is 2. The van der Waals surface area contributed by atoms with Crippen molar-refractivity contribution in [1.82, 2.24) is 10.2 Å². The quantitative estimate of drug-likeness (QED) is 0.210. The van der Waals surface area contributed by atoms with Crippen LogP contribution in [0.25, 0.3) is 0 Å². The molecule has 4 aliphatic rings. The van der Waals surface area contributed by atoms with Gasteiger partial charge in [-0.25, -0.2) is 4.79 Å². The molecule has 0 aromatic heterocycles. The molecule has 3 aliphatic heterocycles. The van der Waals surface area contributed by atoms with Crippen molar-refractivity contribution in [3.05, 3.63) is 22.5 Å². The van der Waals surface area contributed by atoms with Gasteiger partial charge in [0.15, 0.2) is 5.72 Å². The molecule has 28 heavy (non-hydrogen) atoms. The third-order valence-electron chi connectivity index (χ3n) is 5.81. The van der Waals surface area contributed by atoms with Crippen LogP contribution in [0, 0.1) is 5.92 Å². The number of nitrogens with zero attached hydrogens (tertiary/aromatic N) is 1. The molecule has 0 unspecified atom stereocenters. The maximum absolute atomic E-state index is 13.3. The number of Topliss-reactive ketones (excluding diaryl/α,β-unsaturated/α-hetero) is 2. The molecule has 0 aromatic carbocycles. The third kappa shape index (κ3) is 2.50. The Balaban J connectivity index is 1.74. The molecule has 2 saturated heterocycles. The summed E-state index contributed by atoms with van der Waals surface area (Å²) in [6, 6.07) is 0.0297. The number of allylic oxidation sites excluding steroid dienone is 2. The average molecular weight is 410 g/mol. The first kappa shape index (κ1) is 19.2. The summed E-state index contributed by atoms with van der Waals surface area (Å²) in [5.74, 6) is -0.794.